The van der Waals surface area contributed by atoms with E-state index in [0.29, 0.717) is 18.1 Å². The van der Waals surface area contributed by atoms with Crippen molar-refractivity contribution in [1.82, 2.24) is 10.2 Å². The van der Waals surface area contributed by atoms with Crippen LogP contribution in [-0.4, -0.2) is 50.2 Å². The molecule has 0 unspecified atom stereocenters. The van der Waals surface area contributed by atoms with Crippen LogP contribution in [0.1, 0.15) is 22.5 Å². The molecule has 3 heterocycles. The number of ether oxygens (including phenoxy) is 1. The van der Waals surface area contributed by atoms with Crippen molar-refractivity contribution in [2.24, 2.45) is 0 Å². The number of carbonyl (C=O) groups is 1. The summed E-state index contributed by atoms with van der Waals surface area (Å²) in [6.45, 7) is 5.17. The van der Waals surface area contributed by atoms with Crippen LogP contribution in [0.5, 0.6) is 0 Å². The Bertz CT molecular complexity index is 902. The molecule has 0 aliphatic carbocycles. The van der Waals surface area contributed by atoms with Gasteiger partial charge in [-0.3, -0.25) is 9.69 Å². The molecule has 4 rings (SSSR count). The molecule has 148 valence electrons. The average Bonchev–Trinajstić information content (AvgIpc) is 3.38. The Morgan fingerprint density at radius 2 is 2.04 bits per heavy atom. The maximum atomic E-state index is 12.8. The predicted octanol–water partition coefficient (Wildman–Crippen LogP) is 4.24. The fourth-order valence-electron chi connectivity index (χ4n) is 3.32. The summed E-state index contributed by atoms with van der Waals surface area (Å²) >= 11 is 3.45. The highest BCUT2D eigenvalue weighted by atomic mass is 32.2. The summed E-state index contributed by atoms with van der Waals surface area (Å²) in [5.41, 5.74) is 1.74. The van der Waals surface area contributed by atoms with E-state index < -0.39 is 0 Å². The summed E-state index contributed by atoms with van der Waals surface area (Å²) in [6.07, 6.45) is 0.922. The maximum absolute atomic E-state index is 12.8. The zero-order valence-electron chi connectivity index (χ0n) is 15.7. The van der Waals surface area contributed by atoms with E-state index in [1.54, 1.807) is 23.1 Å². The van der Waals surface area contributed by atoms with Gasteiger partial charge in [-0.05, 0) is 30.5 Å². The lowest BCUT2D eigenvalue weighted by Crippen LogP contribution is -2.38. The summed E-state index contributed by atoms with van der Waals surface area (Å²) in [5, 5.41) is 6.12. The molecule has 2 aromatic heterocycles. The van der Waals surface area contributed by atoms with Crippen molar-refractivity contribution in [3.05, 3.63) is 53.1 Å². The number of hydrogen-bond donors (Lipinski definition) is 1. The van der Waals surface area contributed by atoms with Gasteiger partial charge in [0.15, 0.2) is 5.76 Å². The molecule has 1 aliphatic heterocycles. The van der Waals surface area contributed by atoms with Gasteiger partial charge in [0, 0.05) is 36.3 Å². The van der Waals surface area contributed by atoms with Crippen LogP contribution in [0.15, 0.2) is 50.4 Å². The molecule has 0 atom stereocenters. The fraction of sp³-hybridized carbons (Fsp3) is 0.381. The third-order valence-electron chi connectivity index (χ3n) is 4.80. The molecule has 28 heavy (non-hydrogen) atoms. The molecule has 1 aromatic carbocycles. The Morgan fingerprint density at radius 3 is 2.86 bits per heavy atom. The Balaban J connectivity index is 1.39. The number of nitrogens with one attached hydrogen (secondary N) is 1. The summed E-state index contributed by atoms with van der Waals surface area (Å²) in [5.74, 6) is 1.03. The first kappa shape index (κ1) is 19.5. The lowest BCUT2D eigenvalue weighted by Gasteiger charge is -2.26. The Morgan fingerprint density at radius 1 is 1.18 bits per heavy atom. The van der Waals surface area contributed by atoms with Gasteiger partial charge in [-0.1, -0.05) is 24.3 Å². The van der Waals surface area contributed by atoms with Crippen molar-refractivity contribution in [2.45, 2.75) is 16.4 Å². The molecule has 1 saturated heterocycles. The van der Waals surface area contributed by atoms with E-state index in [1.807, 2.05) is 30.3 Å². The van der Waals surface area contributed by atoms with Crippen LogP contribution < -0.4 is 5.32 Å². The molecule has 1 fully saturated rings. The smallest absolute Gasteiger partial charge is 0.287 e. The van der Waals surface area contributed by atoms with Gasteiger partial charge in [0.2, 0.25) is 0 Å². The van der Waals surface area contributed by atoms with Crippen LogP contribution in [0.2, 0.25) is 0 Å². The third kappa shape index (κ3) is 4.78. The second-order valence-corrected chi connectivity index (χ2v) is 8.91. The van der Waals surface area contributed by atoms with E-state index in [9.17, 15) is 4.79 Å². The van der Waals surface area contributed by atoms with Crippen molar-refractivity contribution in [2.75, 3.05) is 39.4 Å². The molecule has 0 bridgehead atoms. The van der Waals surface area contributed by atoms with Crippen LogP contribution >= 0.6 is 23.1 Å². The lowest BCUT2D eigenvalue weighted by atomic mass is 10.1. The number of fused-ring (bicyclic) bond motifs is 1. The van der Waals surface area contributed by atoms with Crippen LogP contribution in [-0.2, 0) is 10.5 Å². The van der Waals surface area contributed by atoms with Crippen LogP contribution in [0.3, 0.4) is 0 Å². The van der Waals surface area contributed by atoms with Crippen molar-refractivity contribution in [3.63, 3.8) is 0 Å². The van der Waals surface area contributed by atoms with Crippen molar-refractivity contribution < 1.29 is 13.9 Å². The number of furan rings is 1. The number of thiophene rings is 1. The van der Waals surface area contributed by atoms with Crippen LogP contribution in [0.25, 0.3) is 11.0 Å². The van der Waals surface area contributed by atoms with Crippen molar-refractivity contribution in [1.29, 1.82) is 0 Å². The second-order valence-electron chi connectivity index (χ2n) is 6.69. The number of rotatable bonds is 8. The van der Waals surface area contributed by atoms with Crippen molar-refractivity contribution >= 4 is 40.0 Å². The molecule has 0 radical (unpaired) electrons. The highest BCUT2D eigenvalue weighted by Gasteiger charge is 2.20. The zero-order valence-corrected chi connectivity index (χ0v) is 17.3. The zero-order chi connectivity index (χ0) is 19.2. The number of benzene rings is 1. The Labute approximate surface area is 173 Å². The summed E-state index contributed by atoms with van der Waals surface area (Å²) in [4.78, 5) is 15.2. The van der Waals surface area contributed by atoms with E-state index in [0.717, 1.165) is 55.8 Å². The van der Waals surface area contributed by atoms with Gasteiger partial charge in [0.25, 0.3) is 5.91 Å². The summed E-state index contributed by atoms with van der Waals surface area (Å²) < 4.78 is 12.5. The van der Waals surface area contributed by atoms with Crippen molar-refractivity contribution in [3.8, 4) is 0 Å². The number of morpholine rings is 1. The van der Waals surface area contributed by atoms with E-state index in [-0.39, 0.29) is 5.91 Å². The minimum Gasteiger partial charge on any atom is -0.451 e. The largest absolute Gasteiger partial charge is 0.451 e. The number of para-hydroxylation sites is 1. The molecule has 0 spiro atoms. The number of carbonyl (C=O) groups excluding carboxylic acids is 1. The van der Waals surface area contributed by atoms with Gasteiger partial charge in [-0.15, -0.1) is 23.1 Å². The molecule has 1 aliphatic rings. The van der Waals surface area contributed by atoms with E-state index >= 15 is 0 Å². The topological polar surface area (TPSA) is 54.7 Å². The maximum Gasteiger partial charge on any atom is 0.287 e. The van der Waals surface area contributed by atoms with Gasteiger partial charge >= 0.3 is 0 Å². The van der Waals surface area contributed by atoms with Crippen LogP contribution in [0, 0.1) is 0 Å². The molecule has 1 amide bonds. The predicted molar refractivity (Wildman–Crippen MR) is 114 cm³/mol. The number of nitrogens with zero attached hydrogens (tertiary/aromatic N) is 1. The average molecular weight is 417 g/mol. The highest BCUT2D eigenvalue weighted by molar-refractivity contribution is 8.00. The molecule has 5 nitrogen and oxygen atoms in total. The van der Waals surface area contributed by atoms with Gasteiger partial charge in [-0.25, -0.2) is 0 Å². The quantitative estimate of drug-likeness (QED) is 0.440. The first-order valence-electron chi connectivity index (χ1n) is 9.56. The number of amides is 1. The molecular weight excluding hydrogens is 392 g/mol. The Kier molecular flexibility index (Phi) is 6.69. The summed E-state index contributed by atoms with van der Waals surface area (Å²) in [6, 6.07) is 12.0. The molecule has 7 heteroatoms. The van der Waals surface area contributed by atoms with E-state index in [4.69, 9.17) is 9.15 Å². The van der Waals surface area contributed by atoms with Gasteiger partial charge in [-0.2, -0.15) is 0 Å². The highest BCUT2D eigenvalue weighted by Crippen LogP contribution is 2.33. The summed E-state index contributed by atoms with van der Waals surface area (Å²) in [7, 11) is 0. The first-order chi connectivity index (χ1) is 13.8. The van der Waals surface area contributed by atoms with Crippen LogP contribution in [0.4, 0.5) is 0 Å². The standard InChI is InChI=1S/C21H24N2O3S2/c24-21(22-8-4-9-23-10-12-25-13-11-23)20-17(15-28-19-7-3-14-27-19)16-5-1-2-6-18(16)26-20/h1-3,5-7,14H,4,8-13,15H2,(H,22,24). The number of hydrogen-bond acceptors (Lipinski definition) is 6. The third-order valence-corrected chi connectivity index (χ3v) is 6.96. The van der Waals surface area contributed by atoms with E-state index in [2.05, 4.69) is 21.7 Å². The van der Waals surface area contributed by atoms with E-state index in [1.165, 1.54) is 4.21 Å². The molecule has 0 saturated carbocycles. The minimum atomic E-state index is -0.125. The monoisotopic (exact) mass is 416 g/mol. The van der Waals surface area contributed by atoms with Gasteiger partial charge in [0.05, 0.1) is 17.4 Å². The normalized spacial score (nSPS) is 15.1. The molecular formula is C21H24N2O3S2. The first-order valence-corrected chi connectivity index (χ1v) is 11.4. The number of thioether (sulfide) groups is 1. The minimum absolute atomic E-state index is 0.125. The fourth-order valence-corrected chi connectivity index (χ4v) is 5.14. The molecule has 3 aromatic rings. The second kappa shape index (κ2) is 9.60. The Hall–Kier alpha value is -1.80. The SMILES string of the molecule is O=C(NCCCN1CCOCC1)c1oc2ccccc2c1CSc1cccs1. The van der Waals surface area contributed by atoms with Gasteiger partial charge in [0.1, 0.15) is 5.58 Å². The lowest BCUT2D eigenvalue weighted by molar-refractivity contribution is 0.0374. The molecule has 1 N–H and O–H groups in total. The van der Waals surface area contributed by atoms with Gasteiger partial charge < -0.3 is 14.5 Å².